The van der Waals surface area contributed by atoms with Crippen molar-refractivity contribution in [3.8, 4) is 0 Å². The minimum Gasteiger partial charge on any atom is -0.480 e. The number of hydrogen-bond acceptors (Lipinski definition) is 2. The Hall–Kier alpha value is -1.26. The maximum atomic E-state index is 12.4. The lowest BCUT2D eigenvalue weighted by Gasteiger charge is -2.41. The number of carboxylic acid groups (broad SMARTS) is 1. The zero-order chi connectivity index (χ0) is 15.6. The normalized spacial score (nSPS) is 26.9. The number of amides is 2. The van der Waals surface area contributed by atoms with Crippen molar-refractivity contribution in [3.63, 3.8) is 0 Å². The number of carbonyl (C=O) groups excluding carboxylic acids is 1. The van der Waals surface area contributed by atoms with Crippen LogP contribution in [0.1, 0.15) is 59.8 Å². The summed E-state index contributed by atoms with van der Waals surface area (Å²) in [4.78, 5) is 25.7. The number of nitrogens with zero attached hydrogens (tertiary/aromatic N) is 1. The first-order valence-electron chi connectivity index (χ1n) is 7.44. The van der Waals surface area contributed by atoms with Crippen LogP contribution in [0.15, 0.2) is 0 Å². The highest BCUT2D eigenvalue weighted by Gasteiger charge is 2.44. The van der Waals surface area contributed by atoms with Crippen molar-refractivity contribution in [2.24, 2.45) is 5.92 Å². The molecule has 0 radical (unpaired) electrons. The van der Waals surface area contributed by atoms with Gasteiger partial charge in [-0.1, -0.05) is 26.7 Å². The fraction of sp³-hybridized carbons (Fsp3) is 0.867. The third-order valence-corrected chi connectivity index (χ3v) is 4.83. The zero-order valence-corrected chi connectivity index (χ0v) is 13.3. The van der Waals surface area contributed by atoms with Crippen LogP contribution in [0.25, 0.3) is 0 Å². The van der Waals surface area contributed by atoms with Crippen LogP contribution in [0.2, 0.25) is 0 Å². The van der Waals surface area contributed by atoms with Crippen LogP contribution in [-0.2, 0) is 4.79 Å². The van der Waals surface area contributed by atoms with Gasteiger partial charge in [-0.3, -0.25) is 0 Å². The Bertz CT molecular complexity index is 381. The highest BCUT2D eigenvalue weighted by atomic mass is 16.4. The van der Waals surface area contributed by atoms with Gasteiger partial charge in [0, 0.05) is 12.6 Å². The standard InChI is InChI=1S/C15H28N2O3/c1-6-14(3,4)17(5)13(20)16-15(12(18)19)9-7-8-11(2)10-15/h11H,6-10H2,1-5H3,(H,16,20)(H,18,19). The first-order valence-corrected chi connectivity index (χ1v) is 7.44. The average Bonchev–Trinajstić information content (AvgIpc) is 2.37. The molecule has 2 N–H and O–H groups in total. The van der Waals surface area contributed by atoms with Crippen molar-refractivity contribution in [2.45, 2.75) is 70.9 Å². The Balaban J connectivity index is 2.86. The number of nitrogens with one attached hydrogen (secondary N) is 1. The number of carbonyl (C=O) groups is 2. The Morgan fingerprint density at radius 3 is 2.50 bits per heavy atom. The van der Waals surface area contributed by atoms with Gasteiger partial charge in [-0.25, -0.2) is 9.59 Å². The average molecular weight is 284 g/mol. The van der Waals surface area contributed by atoms with E-state index in [1.165, 1.54) is 0 Å². The third-order valence-electron chi connectivity index (χ3n) is 4.83. The second kappa shape index (κ2) is 6.02. The molecule has 0 bridgehead atoms. The van der Waals surface area contributed by atoms with E-state index in [4.69, 9.17) is 0 Å². The van der Waals surface area contributed by atoms with Crippen LogP contribution in [0.5, 0.6) is 0 Å². The topological polar surface area (TPSA) is 69.6 Å². The molecule has 0 aromatic carbocycles. The first kappa shape index (κ1) is 16.8. The maximum Gasteiger partial charge on any atom is 0.329 e. The summed E-state index contributed by atoms with van der Waals surface area (Å²) in [5.74, 6) is -0.593. The van der Waals surface area contributed by atoms with Gasteiger partial charge in [0.25, 0.3) is 0 Å². The molecule has 0 aliphatic heterocycles. The van der Waals surface area contributed by atoms with Crippen LogP contribution < -0.4 is 5.32 Å². The molecule has 1 aliphatic rings. The van der Waals surface area contributed by atoms with Gasteiger partial charge in [0.1, 0.15) is 5.54 Å². The molecule has 1 saturated carbocycles. The SMILES string of the molecule is CCC(C)(C)N(C)C(=O)NC1(C(=O)O)CCCC(C)C1. The van der Waals surface area contributed by atoms with Gasteiger partial charge < -0.3 is 15.3 Å². The number of hydrogen-bond donors (Lipinski definition) is 2. The summed E-state index contributed by atoms with van der Waals surface area (Å²) in [5.41, 5.74) is -1.39. The second-order valence-electron chi connectivity index (χ2n) is 6.74. The lowest BCUT2D eigenvalue weighted by molar-refractivity contribution is -0.146. The monoisotopic (exact) mass is 284 g/mol. The Labute approximate surface area is 121 Å². The van der Waals surface area contributed by atoms with Crippen molar-refractivity contribution in [1.29, 1.82) is 0 Å². The van der Waals surface area contributed by atoms with Crippen molar-refractivity contribution in [2.75, 3.05) is 7.05 Å². The van der Waals surface area contributed by atoms with E-state index in [0.717, 1.165) is 19.3 Å². The summed E-state index contributed by atoms with van der Waals surface area (Å²) >= 11 is 0. The Morgan fingerprint density at radius 2 is 2.05 bits per heavy atom. The molecule has 0 heterocycles. The van der Waals surface area contributed by atoms with E-state index >= 15 is 0 Å². The minimum atomic E-state index is -1.10. The predicted octanol–water partition coefficient (Wildman–Crippen LogP) is 2.85. The van der Waals surface area contributed by atoms with Gasteiger partial charge in [0.2, 0.25) is 0 Å². The minimum absolute atomic E-state index is 0.288. The lowest BCUT2D eigenvalue weighted by atomic mass is 9.76. The van der Waals surface area contributed by atoms with Crippen molar-refractivity contribution >= 4 is 12.0 Å². The summed E-state index contributed by atoms with van der Waals surface area (Å²) in [6, 6.07) is -0.298. The van der Waals surface area contributed by atoms with Gasteiger partial charge in [-0.2, -0.15) is 0 Å². The van der Waals surface area contributed by atoms with Crippen molar-refractivity contribution in [3.05, 3.63) is 0 Å². The highest BCUT2D eigenvalue weighted by molar-refractivity contribution is 5.86. The Kier molecular flexibility index (Phi) is 5.05. The summed E-state index contributed by atoms with van der Waals surface area (Å²) in [5, 5.41) is 12.4. The number of urea groups is 1. The summed E-state index contributed by atoms with van der Waals surface area (Å²) in [7, 11) is 1.72. The largest absolute Gasteiger partial charge is 0.480 e. The Morgan fingerprint density at radius 1 is 1.45 bits per heavy atom. The maximum absolute atomic E-state index is 12.4. The molecule has 1 rings (SSSR count). The van der Waals surface area contributed by atoms with Crippen molar-refractivity contribution in [1.82, 2.24) is 10.2 Å². The summed E-state index contributed by atoms with van der Waals surface area (Å²) < 4.78 is 0. The van der Waals surface area contributed by atoms with Gasteiger partial charge >= 0.3 is 12.0 Å². The number of rotatable bonds is 4. The summed E-state index contributed by atoms with van der Waals surface area (Å²) in [6.07, 6.45) is 3.70. The first-order chi connectivity index (χ1) is 9.14. The predicted molar refractivity (Wildman–Crippen MR) is 78.7 cm³/mol. The van der Waals surface area contributed by atoms with E-state index < -0.39 is 11.5 Å². The molecule has 1 aliphatic carbocycles. The fourth-order valence-electron chi connectivity index (χ4n) is 2.71. The molecule has 0 saturated heterocycles. The molecule has 2 unspecified atom stereocenters. The van der Waals surface area contributed by atoms with Crippen LogP contribution in [0.4, 0.5) is 4.79 Å². The van der Waals surface area contributed by atoms with E-state index in [1.807, 2.05) is 27.7 Å². The second-order valence-corrected chi connectivity index (χ2v) is 6.74. The van der Waals surface area contributed by atoms with Crippen LogP contribution in [0.3, 0.4) is 0 Å². The van der Waals surface area contributed by atoms with Crippen LogP contribution in [-0.4, -0.2) is 40.1 Å². The molecule has 2 atom stereocenters. The van der Waals surface area contributed by atoms with Crippen LogP contribution >= 0.6 is 0 Å². The lowest BCUT2D eigenvalue weighted by Crippen LogP contribution is -2.61. The van der Waals surface area contributed by atoms with Gasteiger partial charge in [-0.15, -0.1) is 0 Å². The van der Waals surface area contributed by atoms with E-state index in [-0.39, 0.29) is 11.6 Å². The van der Waals surface area contributed by atoms with E-state index in [2.05, 4.69) is 5.32 Å². The molecule has 2 amide bonds. The van der Waals surface area contributed by atoms with E-state index in [0.29, 0.717) is 18.8 Å². The van der Waals surface area contributed by atoms with Crippen LogP contribution in [0, 0.1) is 5.92 Å². The molecule has 116 valence electrons. The molecule has 0 aromatic heterocycles. The van der Waals surface area contributed by atoms with Crippen molar-refractivity contribution < 1.29 is 14.7 Å². The third kappa shape index (κ3) is 3.44. The highest BCUT2D eigenvalue weighted by Crippen LogP contribution is 2.33. The summed E-state index contributed by atoms with van der Waals surface area (Å²) in [6.45, 7) is 8.01. The number of aliphatic carboxylic acids is 1. The molecular weight excluding hydrogens is 256 g/mol. The molecule has 20 heavy (non-hydrogen) atoms. The van der Waals surface area contributed by atoms with Gasteiger partial charge in [0.15, 0.2) is 0 Å². The molecule has 0 spiro atoms. The molecule has 5 nitrogen and oxygen atoms in total. The number of carboxylic acids is 1. The van der Waals surface area contributed by atoms with E-state index in [9.17, 15) is 14.7 Å². The fourth-order valence-corrected chi connectivity index (χ4v) is 2.71. The van der Waals surface area contributed by atoms with E-state index in [1.54, 1.807) is 11.9 Å². The molecule has 1 fully saturated rings. The smallest absolute Gasteiger partial charge is 0.329 e. The van der Waals surface area contributed by atoms with Gasteiger partial charge in [0.05, 0.1) is 0 Å². The zero-order valence-electron chi connectivity index (χ0n) is 13.3. The molecule has 5 heteroatoms. The molecule has 0 aromatic rings. The van der Waals surface area contributed by atoms with Gasteiger partial charge in [-0.05, 0) is 39.0 Å². The molecular formula is C15H28N2O3. The quantitative estimate of drug-likeness (QED) is 0.834.